The van der Waals surface area contributed by atoms with Crippen molar-refractivity contribution in [3.05, 3.63) is 149 Å². The normalized spacial score (nSPS) is 12.7. The largest absolute Gasteiger partial charge is 0.289 e. The molecule has 0 aliphatic heterocycles. The van der Waals surface area contributed by atoms with Crippen molar-refractivity contribution >= 4 is 22.3 Å². The van der Waals surface area contributed by atoms with E-state index in [0.29, 0.717) is 0 Å². The Morgan fingerprint density at radius 1 is 0.526 bits per heavy atom. The highest BCUT2D eigenvalue weighted by atomic mass is 16.1. The lowest BCUT2D eigenvalue weighted by molar-refractivity contribution is 0.102. The van der Waals surface area contributed by atoms with Crippen molar-refractivity contribution in [3.63, 3.8) is 0 Å². The number of hydrogen-bond acceptors (Lipinski definition) is 3. The molecule has 1 heterocycles. The minimum absolute atomic E-state index is 0.0976. The van der Waals surface area contributed by atoms with Crippen LogP contribution >= 0.6 is 0 Å². The maximum absolute atomic E-state index is 12.9. The smallest absolute Gasteiger partial charge is 0.194 e. The van der Waals surface area contributed by atoms with E-state index in [2.05, 4.69) is 28.4 Å². The molecule has 8 rings (SSSR count). The topological polar surface area (TPSA) is 62.8 Å². The minimum Gasteiger partial charge on any atom is -0.289 e. The molecule has 1 aromatic heterocycles. The third kappa shape index (κ3) is 3.42. The van der Waals surface area contributed by atoms with Crippen LogP contribution in [0.25, 0.3) is 33.2 Å². The molecule has 0 amide bonds. The molecular weight excluding hydrogens is 468 g/mol. The molecule has 4 nitrogen and oxygen atoms in total. The average molecular weight is 491 g/mol. The molecule has 0 atom stereocenters. The summed E-state index contributed by atoms with van der Waals surface area (Å²) in [5.41, 5.74) is 9.67. The summed E-state index contributed by atoms with van der Waals surface area (Å²) in [7, 11) is 0. The molecule has 0 bridgehead atoms. The maximum atomic E-state index is 12.9. The van der Waals surface area contributed by atoms with Gasteiger partial charge in [-0.25, -0.2) is 0 Å². The van der Waals surface area contributed by atoms with Crippen LogP contribution in [-0.4, -0.2) is 21.8 Å². The van der Waals surface area contributed by atoms with E-state index < -0.39 is 0 Å². The zero-order valence-corrected chi connectivity index (χ0v) is 20.4. The number of rotatable bonds is 1. The summed E-state index contributed by atoms with van der Waals surface area (Å²) >= 11 is 0. The highest BCUT2D eigenvalue weighted by Crippen LogP contribution is 2.44. The Balaban J connectivity index is 0.000000140. The molecule has 6 aromatic rings. The lowest BCUT2D eigenvalue weighted by Gasteiger charge is -2.22. The summed E-state index contributed by atoms with van der Waals surface area (Å²) in [5, 5.41) is 9.23. The third-order valence-electron chi connectivity index (χ3n) is 7.43. The number of carbonyl (C=O) groups is 2. The molecule has 5 aromatic carbocycles. The van der Waals surface area contributed by atoms with Crippen LogP contribution < -0.4 is 0 Å². The monoisotopic (exact) mass is 490 g/mol. The number of benzene rings is 5. The minimum atomic E-state index is 0.0976. The lowest BCUT2D eigenvalue weighted by Crippen LogP contribution is -2.14. The second-order valence-corrected chi connectivity index (χ2v) is 9.56. The Bertz CT molecular complexity index is 1840. The molecule has 0 saturated heterocycles. The van der Waals surface area contributed by atoms with Gasteiger partial charge >= 0.3 is 0 Å². The predicted octanol–water partition coefficient (Wildman–Crippen LogP) is 7.26. The first kappa shape index (κ1) is 22.1. The molecule has 2 aliphatic rings. The molecule has 180 valence electrons. The summed E-state index contributed by atoms with van der Waals surface area (Å²) in [4.78, 5) is 25.0. The number of fused-ring (bicyclic) bond motifs is 4. The standard InChI is InChI=1S/C20H12N2O.C14H10O/c23-20-14-6-2-1-5-13(14)19-15(17-10-11-21-22-17)9-8-12-4-3-7-16(20)18(12)19;15-14-12-7-3-1-5-10(12)9-11-6-2-4-8-13(11)14/h1-11H,(H,21,22);1-8H,9H2. The summed E-state index contributed by atoms with van der Waals surface area (Å²) in [5.74, 6) is 0.257. The zero-order chi connectivity index (χ0) is 25.6. The molecular formula is C34H22N2O2. The number of H-pyrrole nitrogens is 1. The SMILES string of the molecule is O=C1c2ccccc2-c2c(-c3ccn[nH]3)ccc3cccc1c23.O=C1c2ccccc2Cc2ccccc21. The summed E-state index contributed by atoms with van der Waals surface area (Å²) in [6.07, 6.45) is 2.62. The second kappa shape index (κ2) is 8.79. The van der Waals surface area contributed by atoms with Gasteiger partial charge in [0, 0.05) is 45.0 Å². The Morgan fingerprint density at radius 3 is 1.82 bits per heavy atom. The van der Waals surface area contributed by atoms with Crippen molar-refractivity contribution in [2.45, 2.75) is 6.42 Å². The van der Waals surface area contributed by atoms with E-state index in [1.165, 1.54) is 0 Å². The van der Waals surface area contributed by atoms with Gasteiger partial charge in [0.05, 0.1) is 5.69 Å². The molecule has 38 heavy (non-hydrogen) atoms. The predicted molar refractivity (Wildman–Crippen MR) is 150 cm³/mol. The van der Waals surface area contributed by atoms with Crippen LogP contribution in [0.4, 0.5) is 0 Å². The van der Waals surface area contributed by atoms with E-state index in [0.717, 1.165) is 73.0 Å². The highest BCUT2D eigenvalue weighted by molar-refractivity contribution is 6.27. The van der Waals surface area contributed by atoms with Gasteiger partial charge in [0.15, 0.2) is 11.6 Å². The fourth-order valence-corrected chi connectivity index (χ4v) is 5.66. The average Bonchev–Trinajstić information content (AvgIpc) is 3.51. The molecule has 0 saturated carbocycles. The Hall–Kier alpha value is -5.09. The van der Waals surface area contributed by atoms with Gasteiger partial charge in [-0.1, -0.05) is 103 Å². The van der Waals surface area contributed by atoms with Crippen molar-refractivity contribution in [1.82, 2.24) is 10.2 Å². The number of carbonyl (C=O) groups excluding carboxylic acids is 2. The summed E-state index contributed by atoms with van der Waals surface area (Å²) in [6, 6.07) is 35.6. The van der Waals surface area contributed by atoms with Crippen molar-refractivity contribution in [2.24, 2.45) is 0 Å². The molecule has 4 heteroatoms. The number of hydrogen-bond donors (Lipinski definition) is 1. The van der Waals surface area contributed by atoms with Crippen LogP contribution in [0, 0.1) is 0 Å². The molecule has 0 radical (unpaired) electrons. The first-order chi connectivity index (χ1) is 18.7. The van der Waals surface area contributed by atoms with E-state index in [9.17, 15) is 9.59 Å². The van der Waals surface area contributed by atoms with Gasteiger partial charge in [0.25, 0.3) is 0 Å². The quantitative estimate of drug-likeness (QED) is 0.263. The van der Waals surface area contributed by atoms with Crippen LogP contribution in [0.3, 0.4) is 0 Å². The van der Waals surface area contributed by atoms with Gasteiger partial charge in [-0.05, 0) is 34.6 Å². The second-order valence-electron chi connectivity index (χ2n) is 9.56. The van der Waals surface area contributed by atoms with Gasteiger partial charge in [0.2, 0.25) is 0 Å². The van der Waals surface area contributed by atoms with Crippen molar-refractivity contribution in [2.75, 3.05) is 0 Å². The van der Waals surface area contributed by atoms with E-state index in [1.807, 2.05) is 91.0 Å². The first-order valence-electron chi connectivity index (χ1n) is 12.6. The van der Waals surface area contributed by atoms with Crippen molar-refractivity contribution < 1.29 is 9.59 Å². The number of nitrogens with zero attached hydrogens (tertiary/aromatic N) is 1. The fraction of sp³-hybridized carbons (Fsp3) is 0.0294. The fourth-order valence-electron chi connectivity index (χ4n) is 5.66. The van der Waals surface area contributed by atoms with E-state index in [4.69, 9.17) is 0 Å². The van der Waals surface area contributed by atoms with Gasteiger partial charge in [0.1, 0.15) is 0 Å². The summed E-state index contributed by atoms with van der Waals surface area (Å²) < 4.78 is 0. The highest BCUT2D eigenvalue weighted by Gasteiger charge is 2.27. The van der Waals surface area contributed by atoms with Crippen molar-refractivity contribution in [3.8, 4) is 22.4 Å². The van der Waals surface area contributed by atoms with E-state index in [1.54, 1.807) is 6.20 Å². The third-order valence-corrected chi connectivity index (χ3v) is 7.43. The van der Waals surface area contributed by atoms with Crippen LogP contribution in [0.2, 0.25) is 0 Å². The van der Waals surface area contributed by atoms with Crippen molar-refractivity contribution in [1.29, 1.82) is 0 Å². The van der Waals surface area contributed by atoms with Gasteiger partial charge in [-0.15, -0.1) is 0 Å². The molecule has 2 aliphatic carbocycles. The Labute approximate surface area is 219 Å². The molecule has 0 unspecified atom stereocenters. The van der Waals surface area contributed by atoms with Crippen LogP contribution in [0.5, 0.6) is 0 Å². The number of aromatic amines is 1. The zero-order valence-electron chi connectivity index (χ0n) is 20.4. The molecule has 1 N–H and O–H groups in total. The summed E-state index contributed by atoms with van der Waals surface area (Å²) in [6.45, 7) is 0. The van der Waals surface area contributed by atoms with Gasteiger partial charge in [-0.2, -0.15) is 5.10 Å². The molecule has 0 spiro atoms. The Morgan fingerprint density at radius 2 is 1.13 bits per heavy atom. The maximum Gasteiger partial charge on any atom is 0.194 e. The van der Waals surface area contributed by atoms with Crippen LogP contribution in [0.1, 0.15) is 43.0 Å². The first-order valence-corrected chi connectivity index (χ1v) is 12.6. The van der Waals surface area contributed by atoms with E-state index in [-0.39, 0.29) is 11.6 Å². The number of ketones is 2. The number of aromatic nitrogens is 2. The van der Waals surface area contributed by atoms with Crippen LogP contribution in [-0.2, 0) is 6.42 Å². The Kier molecular flexibility index (Phi) is 5.12. The number of nitrogens with one attached hydrogen (secondary N) is 1. The van der Waals surface area contributed by atoms with Gasteiger partial charge < -0.3 is 0 Å². The van der Waals surface area contributed by atoms with Gasteiger partial charge in [-0.3, -0.25) is 14.7 Å². The lowest BCUT2D eigenvalue weighted by atomic mass is 9.80. The van der Waals surface area contributed by atoms with Crippen LogP contribution in [0.15, 0.2) is 115 Å². The van der Waals surface area contributed by atoms with E-state index >= 15 is 0 Å². The molecule has 0 fully saturated rings.